The van der Waals surface area contributed by atoms with Gasteiger partial charge >= 0.3 is 5.97 Å². The van der Waals surface area contributed by atoms with Crippen LogP contribution in [-0.2, 0) is 14.3 Å². The van der Waals surface area contributed by atoms with Crippen molar-refractivity contribution in [3.05, 3.63) is 65.6 Å². The molecule has 8 heteroatoms. The second kappa shape index (κ2) is 8.79. The van der Waals surface area contributed by atoms with Crippen molar-refractivity contribution in [2.45, 2.75) is 13.0 Å². The van der Waals surface area contributed by atoms with Crippen LogP contribution in [-0.4, -0.2) is 29.8 Å². The van der Waals surface area contributed by atoms with E-state index in [0.29, 0.717) is 16.6 Å². The number of ether oxygens (including phenoxy) is 3. The summed E-state index contributed by atoms with van der Waals surface area (Å²) in [5, 5.41) is 4.98. The zero-order valence-electron chi connectivity index (χ0n) is 16.0. The maximum atomic E-state index is 12.3. The van der Waals surface area contributed by atoms with Crippen molar-refractivity contribution in [1.82, 2.24) is 4.98 Å². The summed E-state index contributed by atoms with van der Waals surface area (Å²) >= 11 is 1.31. The van der Waals surface area contributed by atoms with Crippen LogP contribution in [0.1, 0.15) is 12.5 Å². The van der Waals surface area contributed by atoms with Crippen LogP contribution in [0.3, 0.4) is 0 Å². The fourth-order valence-corrected chi connectivity index (χ4v) is 3.45. The van der Waals surface area contributed by atoms with Crippen LogP contribution in [0.4, 0.5) is 5.13 Å². The standard InChI is InChI=1S/C22H18N2O5S/c1-14(21(26)24-22-23-17(12-30-22)16-5-3-2-4-6-16)29-20(25)10-8-15-7-9-18-19(11-15)28-13-27-18/h2-12,14H,13H2,1H3,(H,23,24,26). The summed E-state index contributed by atoms with van der Waals surface area (Å²) in [7, 11) is 0. The lowest BCUT2D eigenvalue weighted by molar-refractivity contribution is -0.148. The van der Waals surface area contributed by atoms with Gasteiger partial charge in [-0.05, 0) is 30.7 Å². The van der Waals surface area contributed by atoms with Gasteiger partial charge in [0.15, 0.2) is 22.7 Å². The summed E-state index contributed by atoms with van der Waals surface area (Å²) in [6, 6.07) is 15.0. The number of thiazole rings is 1. The third-order valence-electron chi connectivity index (χ3n) is 4.27. The van der Waals surface area contributed by atoms with E-state index in [4.69, 9.17) is 14.2 Å². The summed E-state index contributed by atoms with van der Waals surface area (Å²) in [5.74, 6) is 0.211. The smallest absolute Gasteiger partial charge is 0.331 e. The first-order valence-corrected chi connectivity index (χ1v) is 10.1. The number of esters is 1. The van der Waals surface area contributed by atoms with E-state index in [1.165, 1.54) is 24.3 Å². The molecule has 1 amide bonds. The van der Waals surface area contributed by atoms with Crippen LogP contribution in [0, 0.1) is 0 Å². The van der Waals surface area contributed by atoms with E-state index in [0.717, 1.165) is 16.8 Å². The Labute approximate surface area is 176 Å². The van der Waals surface area contributed by atoms with Crippen LogP contribution in [0.2, 0.25) is 0 Å². The molecule has 0 bridgehead atoms. The molecule has 0 spiro atoms. The van der Waals surface area contributed by atoms with Gasteiger partial charge in [0.2, 0.25) is 6.79 Å². The Morgan fingerprint density at radius 3 is 2.80 bits per heavy atom. The Bertz CT molecular complexity index is 1090. The number of nitrogens with zero attached hydrogens (tertiary/aromatic N) is 1. The molecular weight excluding hydrogens is 404 g/mol. The van der Waals surface area contributed by atoms with Gasteiger partial charge in [-0.2, -0.15) is 0 Å². The molecular formula is C22H18N2O5S. The minimum atomic E-state index is -0.969. The normalized spacial score (nSPS) is 13.2. The van der Waals surface area contributed by atoms with Crippen molar-refractivity contribution >= 4 is 34.4 Å². The second-order valence-corrected chi connectivity index (χ2v) is 7.28. The molecule has 2 heterocycles. The van der Waals surface area contributed by atoms with Gasteiger partial charge in [-0.15, -0.1) is 11.3 Å². The van der Waals surface area contributed by atoms with E-state index in [1.54, 1.807) is 24.3 Å². The summed E-state index contributed by atoms with van der Waals surface area (Å²) in [5.41, 5.74) is 2.49. The first-order chi connectivity index (χ1) is 14.6. The number of carbonyl (C=O) groups excluding carboxylic acids is 2. The van der Waals surface area contributed by atoms with Crippen LogP contribution in [0.15, 0.2) is 60.0 Å². The molecule has 1 aromatic heterocycles. The van der Waals surface area contributed by atoms with Crippen LogP contribution in [0.25, 0.3) is 17.3 Å². The molecule has 1 aliphatic heterocycles. The highest BCUT2D eigenvalue weighted by atomic mass is 32.1. The van der Waals surface area contributed by atoms with Crippen molar-refractivity contribution in [2.75, 3.05) is 12.1 Å². The molecule has 0 fully saturated rings. The highest BCUT2D eigenvalue weighted by Gasteiger charge is 2.18. The van der Waals surface area contributed by atoms with Crippen molar-refractivity contribution in [1.29, 1.82) is 0 Å². The minimum Gasteiger partial charge on any atom is -0.454 e. The average molecular weight is 422 g/mol. The number of amides is 1. The maximum absolute atomic E-state index is 12.3. The molecule has 1 atom stereocenters. The summed E-state index contributed by atoms with van der Waals surface area (Å²) < 4.78 is 15.7. The third kappa shape index (κ3) is 4.66. The Kier molecular flexibility index (Phi) is 5.76. The number of rotatable bonds is 6. The number of hydrogen-bond acceptors (Lipinski definition) is 7. The van der Waals surface area contributed by atoms with Gasteiger partial charge in [-0.1, -0.05) is 36.4 Å². The summed E-state index contributed by atoms with van der Waals surface area (Å²) in [4.78, 5) is 28.8. The molecule has 1 N–H and O–H groups in total. The Balaban J connectivity index is 1.31. The van der Waals surface area contributed by atoms with Crippen molar-refractivity contribution < 1.29 is 23.8 Å². The van der Waals surface area contributed by atoms with Crippen molar-refractivity contribution in [3.63, 3.8) is 0 Å². The fraction of sp³-hybridized carbons (Fsp3) is 0.136. The van der Waals surface area contributed by atoms with Gasteiger partial charge in [-0.3, -0.25) is 10.1 Å². The Morgan fingerprint density at radius 1 is 1.17 bits per heavy atom. The number of carbonyl (C=O) groups is 2. The topological polar surface area (TPSA) is 86.8 Å². The zero-order chi connectivity index (χ0) is 20.9. The van der Waals surface area contributed by atoms with E-state index < -0.39 is 18.0 Å². The van der Waals surface area contributed by atoms with Crippen molar-refractivity contribution in [2.24, 2.45) is 0 Å². The lowest BCUT2D eigenvalue weighted by atomic mass is 10.2. The molecule has 30 heavy (non-hydrogen) atoms. The minimum absolute atomic E-state index is 0.184. The van der Waals surface area contributed by atoms with Crippen LogP contribution >= 0.6 is 11.3 Å². The van der Waals surface area contributed by atoms with Crippen LogP contribution in [0.5, 0.6) is 11.5 Å². The van der Waals surface area contributed by atoms with E-state index in [2.05, 4.69) is 10.3 Å². The first-order valence-electron chi connectivity index (χ1n) is 9.18. The zero-order valence-corrected chi connectivity index (χ0v) is 16.8. The molecule has 7 nitrogen and oxygen atoms in total. The molecule has 4 rings (SSSR count). The second-order valence-electron chi connectivity index (χ2n) is 6.42. The molecule has 1 aliphatic rings. The van der Waals surface area contributed by atoms with Gasteiger partial charge in [-0.25, -0.2) is 9.78 Å². The summed E-state index contributed by atoms with van der Waals surface area (Å²) in [6.45, 7) is 1.69. The highest BCUT2D eigenvalue weighted by molar-refractivity contribution is 7.14. The quantitative estimate of drug-likeness (QED) is 0.475. The van der Waals surface area contributed by atoms with Crippen molar-refractivity contribution in [3.8, 4) is 22.8 Å². The lowest BCUT2D eigenvalue weighted by Crippen LogP contribution is -2.29. The van der Waals surface area contributed by atoms with E-state index in [-0.39, 0.29) is 6.79 Å². The molecule has 2 aromatic carbocycles. The number of aromatic nitrogens is 1. The first kappa shape index (κ1) is 19.7. The van der Waals surface area contributed by atoms with Crippen LogP contribution < -0.4 is 14.8 Å². The number of hydrogen-bond donors (Lipinski definition) is 1. The van der Waals surface area contributed by atoms with Gasteiger partial charge in [0.25, 0.3) is 5.91 Å². The largest absolute Gasteiger partial charge is 0.454 e. The monoisotopic (exact) mass is 422 g/mol. The number of fused-ring (bicyclic) bond motifs is 1. The van der Waals surface area contributed by atoms with Gasteiger partial charge in [0.05, 0.1) is 5.69 Å². The van der Waals surface area contributed by atoms with Gasteiger partial charge in [0.1, 0.15) is 0 Å². The van der Waals surface area contributed by atoms with Gasteiger partial charge in [0, 0.05) is 17.0 Å². The SMILES string of the molecule is CC(OC(=O)C=Cc1ccc2c(c1)OCO2)C(=O)Nc1nc(-c2ccccc2)cs1. The van der Waals surface area contributed by atoms with E-state index in [1.807, 2.05) is 35.7 Å². The van der Waals surface area contributed by atoms with Gasteiger partial charge < -0.3 is 14.2 Å². The van der Waals surface area contributed by atoms with E-state index in [9.17, 15) is 9.59 Å². The predicted molar refractivity (Wildman–Crippen MR) is 113 cm³/mol. The molecule has 152 valence electrons. The number of benzene rings is 2. The summed E-state index contributed by atoms with van der Waals surface area (Å²) in [6.07, 6.45) is 1.88. The predicted octanol–water partition coefficient (Wildman–Crippen LogP) is 4.12. The Morgan fingerprint density at radius 2 is 1.97 bits per heavy atom. The number of anilines is 1. The third-order valence-corrected chi connectivity index (χ3v) is 5.03. The molecule has 3 aromatic rings. The molecule has 1 unspecified atom stereocenters. The van der Waals surface area contributed by atoms with E-state index >= 15 is 0 Å². The maximum Gasteiger partial charge on any atom is 0.331 e. The fourth-order valence-electron chi connectivity index (χ4n) is 2.73. The molecule has 0 aliphatic carbocycles. The molecule has 0 saturated carbocycles. The molecule has 0 saturated heterocycles. The Hall–Kier alpha value is -3.65. The average Bonchev–Trinajstić information content (AvgIpc) is 3.42. The molecule has 0 radical (unpaired) electrons. The number of nitrogens with one attached hydrogen (secondary N) is 1. The highest BCUT2D eigenvalue weighted by Crippen LogP contribution is 2.32. The lowest BCUT2D eigenvalue weighted by Gasteiger charge is -2.10.